The Kier molecular flexibility index (Phi) is 5.09. The molecule has 1 saturated heterocycles. The zero-order valence-corrected chi connectivity index (χ0v) is 14.7. The molecule has 0 bridgehead atoms. The second-order valence-electron chi connectivity index (χ2n) is 4.99. The van der Waals surface area contributed by atoms with E-state index in [0.29, 0.717) is 27.9 Å². The van der Waals surface area contributed by atoms with Crippen molar-refractivity contribution in [2.45, 2.75) is 0 Å². The summed E-state index contributed by atoms with van der Waals surface area (Å²) in [5.74, 6) is -1.92. The molecular formula is C16H12F2N2OS3. The molecule has 1 fully saturated rings. The standard InChI is InChI=1S/C16H12F2N2OS3/c17-12-2-1-9(6-13(12)18)10-5-11(23-8-10)7-14-15(21)20(4-3-19)16(22)24-14/h1-2,5-8H,3-4,19H2/b14-7-. The molecule has 2 aromatic rings. The van der Waals surface area contributed by atoms with Gasteiger partial charge in [-0.05, 0) is 40.8 Å². The van der Waals surface area contributed by atoms with Crippen molar-refractivity contribution in [1.82, 2.24) is 4.90 Å². The van der Waals surface area contributed by atoms with E-state index in [1.54, 1.807) is 6.08 Å². The van der Waals surface area contributed by atoms with E-state index in [2.05, 4.69) is 0 Å². The predicted molar refractivity (Wildman–Crippen MR) is 98.6 cm³/mol. The SMILES string of the molecule is NCCN1C(=O)/C(=C/c2cc(-c3ccc(F)c(F)c3)cs2)SC1=S. The maximum atomic E-state index is 13.3. The maximum absolute atomic E-state index is 13.3. The van der Waals surface area contributed by atoms with Crippen LogP contribution in [0.25, 0.3) is 17.2 Å². The fraction of sp³-hybridized carbons (Fsp3) is 0.125. The number of hydrogen-bond acceptors (Lipinski definition) is 5. The summed E-state index contributed by atoms with van der Waals surface area (Å²) in [5, 5.41) is 1.83. The van der Waals surface area contributed by atoms with Gasteiger partial charge in [0.15, 0.2) is 11.6 Å². The first-order chi connectivity index (χ1) is 11.5. The average molecular weight is 382 g/mol. The number of thiophene rings is 1. The van der Waals surface area contributed by atoms with E-state index in [9.17, 15) is 13.6 Å². The number of thiocarbonyl (C=S) groups is 1. The Hall–Kier alpha value is -1.61. The first-order valence-electron chi connectivity index (χ1n) is 6.99. The highest BCUT2D eigenvalue weighted by molar-refractivity contribution is 8.26. The highest BCUT2D eigenvalue weighted by Gasteiger charge is 2.31. The Morgan fingerprint density at radius 2 is 2.00 bits per heavy atom. The summed E-state index contributed by atoms with van der Waals surface area (Å²) in [5.41, 5.74) is 6.83. The van der Waals surface area contributed by atoms with Gasteiger partial charge in [0, 0.05) is 18.0 Å². The molecule has 3 rings (SSSR count). The van der Waals surface area contributed by atoms with Crippen molar-refractivity contribution in [3.8, 4) is 11.1 Å². The largest absolute Gasteiger partial charge is 0.329 e. The molecule has 0 unspecified atom stereocenters. The molecule has 1 aliphatic heterocycles. The predicted octanol–water partition coefficient (Wildman–Crippen LogP) is 3.85. The van der Waals surface area contributed by atoms with Crippen molar-refractivity contribution < 1.29 is 13.6 Å². The van der Waals surface area contributed by atoms with Crippen LogP contribution in [-0.4, -0.2) is 28.2 Å². The first kappa shape index (κ1) is 17.2. The Bertz CT molecular complexity index is 848. The summed E-state index contributed by atoms with van der Waals surface area (Å²) >= 11 is 7.83. The van der Waals surface area contributed by atoms with Gasteiger partial charge in [-0.3, -0.25) is 9.69 Å². The van der Waals surface area contributed by atoms with Gasteiger partial charge in [-0.15, -0.1) is 11.3 Å². The van der Waals surface area contributed by atoms with Crippen LogP contribution in [0.5, 0.6) is 0 Å². The van der Waals surface area contributed by atoms with Gasteiger partial charge in [0.25, 0.3) is 5.91 Å². The van der Waals surface area contributed by atoms with E-state index >= 15 is 0 Å². The van der Waals surface area contributed by atoms with Crippen molar-refractivity contribution in [2.24, 2.45) is 5.73 Å². The third kappa shape index (κ3) is 3.41. The molecule has 2 heterocycles. The summed E-state index contributed by atoms with van der Waals surface area (Å²) in [6.45, 7) is 0.742. The molecular weight excluding hydrogens is 370 g/mol. The van der Waals surface area contributed by atoms with Crippen molar-refractivity contribution in [1.29, 1.82) is 0 Å². The van der Waals surface area contributed by atoms with Gasteiger partial charge in [-0.25, -0.2) is 8.78 Å². The molecule has 124 valence electrons. The molecule has 0 saturated carbocycles. The third-order valence-electron chi connectivity index (χ3n) is 3.37. The molecule has 2 N–H and O–H groups in total. The lowest BCUT2D eigenvalue weighted by Gasteiger charge is -2.11. The molecule has 1 aliphatic rings. The summed E-state index contributed by atoms with van der Waals surface area (Å²) in [4.78, 5) is 15.1. The number of rotatable bonds is 4. The summed E-state index contributed by atoms with van der Waals surface area (Å²) in [6.07, 6.45) is 1.75. The van der Waals surface area contributed by atoms with E-state index in [0.717, 1.165) is 22.6 Å². The zero-order valence-electron chi connectivity index (χ0n) is 12.3. The van der Waals surface area contributed by atoms with Crippen LogP contribution in [0.2, 0.25) is 0 Å². The van der Waals surface area contributed by atoms with Crippen LogP contribution < -0.4 is 5.73 Å². The molecule has 8 heteroatoms. The van der Waals surface area contributed by atoms with Crippen molar-refractivity contribution in [3.05, 3.63) is 51.1 Å². The molecule has 0 spiro atoms. The Labute approximate surface area is 151 Å². The number of hydrogen-bond donors (Lipinski definition) is 1. The van der Waals surface area contributed by atoms with Crippen LogP contribution in [0, 0.1) is 11.6 Å². The topological polar surface area (TPSA) is 46.3 Å². The molecule has 1 aromatic heterocycles. The second-order valence-corrected chi connectivity index (χ2v) is 7.61. The molecule has 0 atom stereocenters. The minimum atomic E-state index is -0.886. The van der Waals surface area contributed by atoms with Gasteiger partial charge in [0.2, 0.25) is 0 Å². The lowest BCUT2D eigenvalue weighted by atomic mass is 10.1. The Morgan fingerprint density at radius 3 is 2.71 bits per heavy atom. The summed E-state index contributed by atoms with van der Waals surface area (Å²) in [6, 6.07) is 5.60. The Balaban J connectivity index is 1.85. The van der Waals surface area contributed by atoms with E-state index in [4.69, 9.17) is 18.0 Å². The van der Waals surface area contributed by atoms with Crippen LogP contribution in [0.1, 0.15) is 4.88 Å². The number of thioether (sulfide) groups is 1. The molecule has 1 amide bonds. The Morgan fingerprint density at radius 1 is 1.21 bits per heavy atom. The molecule has 0 aliphatic carbocycles. The first-order valence-corrected chi connectivity index (χ1v) is 9.09. The average Bonchev–Trinajstić information content (AvgIpc) is 3.11. The van der Waals surface area contributed by atoms with Gasteiger partial charge in [-0.1, -0.05) is 30.0 Å². The minimum Gasteiger partial charge on any atom is -0.329 e. The fourth-order valence-corrected chi connectivity index (χ4v) is 4.43. The number of carbonyl (C=O) groups is 1. The monoisotopic (exact) mass is 382 g/mol. The van der Waals surface area contributed by atoms with E-state index in [-0.39, 0.29) is 5.91 Å². The number of nitrogens with zero attached hydrogens (tertiary/aromatic N) is 1. The van der Waals surface area contributed by atoms with Gasteiger partial charge in [0.1, 0.15) is 4.32 Å². The van der Waals surface area contributed by atoms with E-state index in [1.807, 2.05) is 11.4 Å². The highest BCUT2D eigenvalue weighted by Crippen LogP contribution is 2.34. The van der Waals surface area contributed by atoms with E-state index < -0.39 is 11.6 Å². The molecule has 1 aromatic carbocycles. The number of halogens is 2. The second kappa shape index (κ2) is 7.10. The summed E-state index contributed by atoms with van der Waals surface area (Å²) < 4.78 is 26.9. The van der Waals surface area contributed by atoms with Crippen LogP contribution >= 0.6 is 35.3 Å². The zero-order chi connectivity index (χ0) is 17.3. The van der Waals surface area contributed by atoms with Crippen molar-refractivity contribution in [2.75, 3.05) is 13.1 Å². The smallest absolute Gasteiger partial charge is 0.266 e. The highest BCUT2D eigenvalue weighted by atomic mass is 32.2. The normalized spacial score (nSPS) is 16.5. The van der Waals surface area contributed by atoms with Gasteiger partial charge in [-0.2, -0.15) is 0 Å². The summed E-state index contributed by atoms with van der Waals surface area (Å²) in [7, 11) is 0. The minimum absolute atomic E-state index is 0.154. The van der Waals surface area contributed by atoms with Crippen LogP contribution in [0.4, 0.5) is 8.78 Å². The van der Waals surface area contributed by atoms with Crippen LogP contribution in [-0.2, 0) is 4.79 Å². The van der Waals surface area contributed by atoms with Crippen molar-refractivity contribution in [3.63, 3.8) is 0 Å². The molecule has 3 nitrogen and oxygen atoms in total. The lowest BCUT2D eigenvalue weighted by Crippen LogP contribution is -2.32. The van der Waals surface area contributed by atoms with Crippen LogP contribution in [0.15, 0.2) is 34.6 Å². The van der Waals surface area contributed by atoms with Gasteiger partial charge < -0.3 is 5.73 Å². The maximum Gasteiger partial charge on any atom is 0.266 e. The number of benzene rings is 1. The van der Waals surface area contributed by atoms with Crippen molar-refractivity contribution >= 4 is 51.6 Å². The van der Waals surface area contributed by atoms with Gasteiger partial charge >= 0.3 is 0 Å². The quantitative estimate of drug-likeness (QED) is 0.644. The van der Waals surface area contributed by atoms with Gasteiger partial charge in [0.05, 0.1) is 4.91 Å². The number of carbonyl (C=O) groups excluding carboxylic acids is 1. The number of nitrogens with two attached hydrogens (primary N) is 1. The fourth-order valence-electron chi connectivity index (χ4n) is 2.21. The lowest BCUT2D eigenvalue weighted by molar-refractivity contribution is -0.122. The van der Waals surface area contributed by atoms with E-state index in [1.165, 1.54) is 34.1 Å². The van der Waals surface area contributed by atoms with Crippen LogP contribution in [0.3, 0.4) is 0 Å². The number of amides is 1. The third-order valence-corrected chi connectivity index (χ3v) is 5.63. The molecule has 24 heavy (non-hydrogen) atoms. The molecule has 0 radical (unpaired) electrons.